The summed E-state index contributed by atoms with van der Waals surface area (Å²) in [6.45, 7) is 1.32. The van der Waals surface area contributed by atoms with Crippen molar-refractivity contribution in [2.75, 3.05) is 13.1 Å². The van der Waals surface area contributed by atoms with Gasteiger partial charge >= 0.3 is 15.5 Å². The van der Waals surface area contributed by atoms with Crippen LogP contribution < -0.4 is 5.73 Å². The maximum Gasteiger partial charge on any atom is 0.511 e. The largest absolute Gasteiger partial charge is 0.511 e. The van der Waals surface area contributed by atoms with Gasteiger partial charge in [-0.15, -0.1) is 0 Å². The predicted molar refractivity (Wildman–Crippen MR) is 48.3 cm³/mol. The van der Waals surface area contributed by atoms with Gasteiger partial charge in [0.25, 0.3) is 0 Å². The van der Waals surface area contributed by atoms with Gasteiger partial charge in [-0.2, -0.15) is 17.5 Å². The lowest BCUT2D eigenvalue weighted by Crippen LogP contribution is -2.51. The number of halogens is 3. The molecule has 1 fully saturated rings. The zero-order valence-corrected chi connectivity index (χ0v) is 8.98. The van der Waals surface area contributed by atoms with Crippen molar-refractivity contribution < 1.29 is 21.6 Å². The highest BCUT2D eigenvalue weighted by atomic mass is 32.2. The van der Waals surface area contributed by atoms with Gasteiger partial charge in [-0.1, -0.05) is 6.92 Å². The maximum absolute atomic E-state index is 12.2. The van der Waals surface area contributed by atoms with Crippen molar-refractivity contribution in [2.45, 2.75) is 24.9 Å². The fourth-order valence-electron chi connectivity index (χ4n) is 1.49. The van der Waals surface area contributed by atoms with E-state index in [9.17, 15) is 21.6 Å². The number of nitrogens with zero attached hydrogens (tertiary/aromatic N) is 1. The third-order valence-corrected chi connectivity index (χ3v) is 4.16. The molecule has 1 aliphatic rings. The van der Waals surface area contributed by atoms with Crippen molar-refractivity contribution in [2.24, 2.45) is 11.7 Å². The number of hydrogen-bond acceptors (Lipinski definition) is 3. The smallest absolute Gasteiger partial charge is 0.327 e. The molecule has 90 valence electrons. The van der Waals surface area contributed by atoms with E-state index < -0.39 is 15.5 Å². The Kier molecular flexibility index (Phi) is 3.32. The molecule has 4 nitrogen and oxygen atoms in total. The van der Waals surface area contributed by atoms with Crippen LogP contribution in [0.3, 0.4) is 0 Å². The van der Waals surface area contributed by atoms with E-state index in [0.29, 0.717) is 4.31 Å². The second kappa shape index (κ2) is 3.91. The van der Waals surface area contributed by atoms with E-state index in [0.717, 1.165) is 0 Å². The second-order valence-electron chi connectivity index (χ2n) is 3.74. The summed E-state index contributed by atoms with van der Waals surface area (Å²) < 4.78 is 59.0. The van der Waals surface area contributed by atoms with Gasteiger partial charge in [0.1, 0.15) is 0 Å². The molecule has 2 unspecified atom stereocenters. The van der Waals surface area contributed by atoms with Crippen LogP contribution in [-0.4, -0.2) is 37.4 Å². The SMILES string of the molecule is CC1CN(S(=O)(=O)C(F)(F)F)CCC1N. The molecule has 0 amide bonds. The summed E-state index contributed by atoms with van der Waals surface area (Å²) in [5, 5.41) is 0. The predicted octanol–water partition coefficient (Wildman–Crippen LogP) is 0.505. The summed E-state index contributed by atoms with van der Waals surface area (Å²) in [6, 6.07) is -0.232. The standard InChI is InChI=1S/C7H13F3N2O2S/c1-5-4-12(3-2-6(5)11)15(13,14)7(8,9)10/h5-6H,2-4,11H2,1H3. The third-order valence-electron chi connectivity index (χ3n) is 2.57. The molecule has 2 atom stereocenters. The van der Waals surface area contributed by atoms with Crippen molar-refractivity contribution in [1.82, 2.24) is 4.31 Å². The molecule has 2 N–H and O–H groups in total. The van der Waals surface area contributed by atoms with Crippen molar-refractivity contribution in [3.63, 3.8) is 0 Å². The Morgan fingerprint density at radius 2 is 1.93 bits per heavy atom. The highest BCUT2D eigenvalue weighted by Gasteiger charge is 2.50. The van der Waals surface area contributed by atoms with Crippen molar-refractivity contribution in [3.05, 3.63) is 0 Å². The lowest BCUT2D eigenvalue weighted by molar-refractivity contribution is -0.0499. The van der Waals surface area contributed by atoms with E-state index in [1.54, 1.807) is 6.92 Å². The highest BCUT2D eigenvalue weighted by molar-refractivity contribution is 7.90. The monoisotopic (exact) mass is 246 g/mol. The lowest BCUT2D eigenvalue weighted by Gasteiger charge is -2.34. The van der Waals surface area contributed by atoms with Crippen LogP contribution >= 0.6 is 0 Å². The number of rotatable bonds is 1. The number of hydrogen-bond donors (Lipinski definition) is 1. The number of piperidine rings is 1. The third kappa shape index (κ3) is 2.43. The van der Waals surface area contributed by atoms with E-state index in [1.165, 1.54) is 0 Å². The van der Waals surface area contributed by atoms with Gasteiger partial charge in [0, 0.05) is 19.1 Å². The van der Waals surface area contributed by atoms with E-state index in [4.69, 9.17) is 5.73 Å². The molecule has 0 aromatic rings. The second-order valence-corrected chi connectivity index (χ2v) is 5.67. The molecular weight excluding hydrogens is 233 g/mol. The Balaban J connectivity index is 2.83. The van der Waals surface area contributed by atoms with E-state index >= 15 is 0 Å². The molecular formula is C7H13F3N2O2S. The van der Waals surface area contributed by atoms with E-state index in [2.05, 4.69) is 0 Å². The first kappa shape index (κ1) is 12.7. The first-order valence-corrected chi connectivity index (χ1v) is 5.92. The lowest BCUT2D eigenvalue weighted by atomic mass is 9.96. The van der Waals surface area contributed by atoms with Gasteiger partial charge in [0.15, 0.2) is 0 Å². The fourth-order valence-corrected chi connectivity index (χ4v) is 2.56. The Labute approximate surface area is 86.3 Å². The van der Waals surface area contributed by atoms with E-state index in [1.807, 2.05) is 0 Å². The van der Waals surface area contributed by atoms with Crippen LogP contribution in [-0.2, 0) is 10.0 Å². The first-order chi connectivity index (χ1) is 6.66. The average molecular weight is 246 g/mol. The quantitative estimate of drug-likeness (QED) is 0.733. The molecule has 1 rings (SSSR count). The van der Waals surface area contributed by atoms with Crippen LogP contribution in [0.15, 0.2) is 0 Å². The van der Waals surface area contributed by atoms with Gasteiger partial charge in [0.05, 0.1) is 0 Å². The Morgan fingerprint density at radius 1 is 1.40 bits per heavy atom. The number of alkyl halides is 3. The summed E-state index contributed by atoms with van der Waals surface area (Å²) in [6.07, 6.45) is 0.260. The van der Waals surface area contributed by atoms with Crippen LogP contribution in [0.5, 0.6) is 0 Å². The van der Waals surface area contributed by atoms with Crippen LogP contribution in [0.4, 0.5) is 13.2 Å². The highest BCUT2D eigenvalue weighted by Crippen LogP contribution is 2.29. The molecule has 0 radical (unpaired) electrons. The molecule has 0 spiro atoms. The summed E-state index contributed by atoms with van der Waals surface area (Å²) in [5.41, 5.74) is 0.376. The molecule has 0 saturated carbocycles. The minimum absolute atomic E-state index is 0.159. The molecule has 0 aromatic heterocycles. The average Bonchev–Trinajstić information content (AvgIpc) is 2.07. The summed E-state index contributed by atoms with van der Waals surface area (Å²) in [5.74, 6) is -0.254. The minimum Gasteiger partial charge on any atom is -0.327 e. The summed E-state index contributed by atoms with van der Waals surface area (Å²) in [4.78, 5) is 0. The van der Waals surface area contributed by atoms with Gasteiger partial charge in [0.2, 0.25) is 0 Å². The van der Waals surface area contributed by atoms with Crippen molar-refractivity contribution in [3.8, 4) is 0 Å². The summed E-state index contributed by atoms with van der Waals surface area (Å²) in [7, 11) is -5.18. The maximum atomic E-state index is 12.2. The number of sulfonamides is 1. The summed E-state index contributed by atoms with van der Waals surface area (Å²) >= 11 is 0. The molecule has 1 saturated heterocycles. The normalized spacial score (nSPS) is 30.5. The molecule has 1 heterocycles. The van der Waals surface area contributed by atoms with Crippen LogP contribution in [0.1, 0.15) is 13.3 Å². The zero-order chi connectivity index (χ0) is 11.9. The van der Waals surface area contributed by atoms with E-state index in [-0.39, 0.29) is 31.5 Å². The van der Waals surface area contributed by atoms with Crippen LogP contribution in [0, 0.1) is 5.92 Å². The molecule has 8 heteroatoms. The van der Waals surface area contributed by atoms with Crippen molar-refractivity contribution in [1.29, 1.82) is 0 Å². The molecule has 0 bridgehead atoms. The Morgan fingerprint density at radius 3 is 2.33 bits per heavy atom. The molecule has 0 aliphatic carbocycles. The topological polar surface area (TPSA) is 63.4 Å². The molecule has 1 aliphatic heterocycles. The fraction of sp³-hybridized carbons (Fsp3) is 1.00. The molecule has 0 aromatic carbocycles. The zero-order valence-electron chi connectivity index (χ0n) is 8.16. The number of nitrogens with two attached hydrogens (primary N) is 1. The van der Waals surface area contributed by atoms with Crippen molar-refractivity contribution >= 4 is 10.0 Å². The van der Waals surface area contributed by atoms with Crippen LogP contribution in [0.25, 0.3) is 0 Å². The van der Waals surface area contributed by atoms with Gasteiger partial charge in [-0.3, -0.25) is 0 Å². The van der Waals surface area contributed by atoms with Crippen LogP contribution in [0.2, 0.25) is 0 Å². The first-order valence-electron chi connectivity index (χ1n) is 4.48. The van der Waals surface area contributed by atoms with Gasteiger partial charge in [-0.05, 0) is 12.3 Å². The van der Waals surface area contributed by atoms with Gasteiger partial charge in [-0.25, -0.2) is 8.42 Å². The molecule has 15 heavy (non-hydrogen) atoms. The Hall–Kier alpha value is -0.340. The van der Waals surface area contributed by atoms with Gasteiger partial charge < -0.3 is 5.73 Å². The minimum atomic E-state index is -5.21. The Bertz CT molecular complexity index is 328.